The molecular weight excluding hydrogens is 204 g/mol. The largest absolute Gasteiger partial charge is 0.313 e. The molecule has 0 unspecified atom stereocenters. The summed E-state index contributed by atoms with van der Waals surface area (Å²) in [5, 5.41) is 3.44. The van der Waals surface area contributed by atoms with Crippen LogP contribution in [0.25, 0.3) is 6.08 Å². The number of nitrogens with zero attached hydrogens (tertiary/aromatic N) is 1. The first kappa shape index (κ1) is 12.4. The van der Waals surface area contributed by atoms with E-state index >= 15 is 0 Å². The molecule has 84 valence electrons. The molecule has 0 saturated heterocycles. The molecule has 0 aliphatic rings. The van der Waals surface area contributed by atoms with Crippen molar-refractivity contribution < 1.29 is 0 Å². The fourth-order valence-electron chi connectivity index (χ4n) is 1.31. The maximum atomic E-state index is 4.08. The molecule has 0 amide bonds. The fraction of sp³-hybridized carbons (Fsp3) is 0.583. The number of rotatable bonds is 6. The van der Waals surface area contributed by atoms with Crippen LogP contribution in [0.3, 0.4) is 0 Å². The van der Waals surface area contributed by atoms with Gasteiger partial charge in [-0.15, -0.1) is 11.3 Å². The summed E-state index contributed by atoms with van der Waals surface area (Å²) in [5.74, 6) is 0.594. The van der Waals surface area contributed by atoms with Crippen molar-refractivity contribution in [3.8, 4) is 0 Å². The number of aromatic nitrogens is 1. The van der Waals surface area contributed by atoms with Gasteiger partial charge in [0.2, 0.25) is 0 Å². The van der Waals surface area contributed by atoms with E-state index in [9.17, 15) is 0 Å². The maximum Gasteiger partial charge on any atom is 0.0797 e. The van der Waals surface area contributed by atoms with Gasteiger partial charge in [-0.1, -0.05) is 26.3 Å². The average molecular weight is 224 g/mol. The van der Waals surface area contributed by atoms with Crippen molar-refractivity contribution in [2.45, 2.75) is 27.2 Å². The molecule has 1 heterocycles. The Morgan fingerprint density at radius 2 is 2.40 bits per heavy atom. The number of hydrogen-bond acceptors (Lipinski definition) is 3. The van der Waals surface area contributed by atoms with Crippen LogP contribution in [0.5, 0.6) is 0 Å². The van der Waals surface area contributed by atoms with Crippen LogP contribution in [0.2, 0.25) is 0 Å². The summed E-state index contributed by atoms with van der Waals surface area (Å²) in [6.45, 7) is 8.74. The van der Waals surface area contributed by atoms with Crippen LogP contribution in [0.15, 0.2) is 17.3 Å². The first-order chi connectivity index (χ1) is 7.24. The molecule has 0 fully saturated rings. The third-order valence-corrected chi connectivity index (χ3v) is 3.00. The van der Waals surface area contributed by atoms with Gasteiger partial charge in [0.05, 0.1) is 5.51 Å². The number of hydrogen-bond donors (Lipinski definition) is 1. The van der Waals surface area contributed by atoms with Crippen molar-refractivity contribution in [3.63, 3.8) is 0 Å². The van der Waals surface area contributed by atoms with Gasteiger partial charge in [0, 0.05) is 17.6 Å². The molecular formula is C12H20N2S. The van der Waals surface area contributed by atoms with E-state index in [1.165, 1.54) is 16.9 Å². The van der Waals surface area contributed by atoms with E-state index in [2.05, 4.69) is 37.1 Å². The van der Waals surface area contributed by atoms with Crippen LogP contribution in [-0.4, -0.2) is 18.1 Å². The van der Waals surface area contributed by atoms with E-state index in [-0.39, 0.29) is 0 Å². The van der Waals surface area contributed by atoms with E-state index < -0.39 is 0 Å². The van der Waals surface area contributed by atoms with Gasteiger partial charge in [0.15, 0.2) is 0 Å². The predicted molar refractivity (Wildman–Crippen MR) is 68.1 cm³/mol. The molecule has 1 aromatic rings. The summed E-state index contributed by atoms with van der Waals surface area (Å²) in [5.41, 5.74) is 3.33. The summed E-state index contributed by atoms with van der Waals surface area (Å²) in [6.07, 6.45) is 5.36. The highest BCUT2D eigenvalue weighted by molar-refractivity contribution is 7.10. The van der Waals surface area contributed by atoms with Crippen LogP contribution in [-0.2, 0) is 0 Å². The SMILES string of the molecule is CCCNCC(=Cc1cncs1)C(C)C. The minimum Gasteiger partial charge on any atom is -0.313 e. The first-order valence-corrected chi connectivity index (χ1v) is 6.41. The van der Waals surface area contributed by atoms with E-state index in [0.29, 0.717) is 5.92 Å². The summed E-state index contributed by atoms with van der Waals surface area (Å²) in [6, 6.07) is 0. The molecule has 1 aromatic heterocycles. The molecule has 0 aliphatic heterocycles. The quantitative estimate of drug-likeness (QED) is 0.751. The van der Waals surface area contributed by atoms with Crippen LogP contribution in [0.4, 0.5) is 0 Å². The van der Waals surface area contributed by atoms with Gasteiger partial charge in [-0.2, -0.15) is 0 Å². The molecule has 0 aliphatic carbocycles. The zero-order chi connectivity index (χ0) is 11.1. The van der Waals surface area contributed by atoms with Gasteiger partial charge < -0.3 is 5.32 Å². The molecule has 2 nitrogen and oxygen atoms in total. The lowest BCUT2D eigenvalue weighted by Crippen LogP contribution is -2.19. The molecule has 0 spiro atoms. The normalized spacial score (nSPS) is 12.4. The molecule has 1 rings (SSSR count). The highest BCUT2D eigenvalue weighted by Gasteiger charge is 2.03. The van der Waals surface area contributed by atoms with Crippen molar-refractivity contribution in [1.29, 1.82) is 0 Å². The third-order valence-electron chi connectivity index (χ3n) is 2.28. The molecule has 1 N–H and O–H groups in total. The smallest absolute Gasteiger partial charge is 0.0797 e. The molecule has 0 radical (unpaired) electrons. The Morgan fingerprint density at radius 1 is 1.60 bits per heavy atom. The number of nitrogens with one attached hydrogen (secondary N) is 1. The van der Waals surface area contributed by atoms with Crippen molar-refractivity contribution in [3.05, 3.63) is 22.2 Å². The summed E-state index contributed by atoms with van der Waals surface area (Å²) >= 11 is 1.69. The Hall–Kier alpha value is -0.670. The Bertz CT molecular complexity index is 289. The van der Waals surface area contributed by atoms with Crippen molar-refractivity contribution in [1.82, 2.24) is 10.3 Å². The van der Waals surface area contributed by atoms with Crippen LogP contribution >= 0.6 is 11.3 Å². The number of thiazole rings is 1. The second-order valence-electron chi connectivity index (χ2n) is 3.95. The van der Waals surface area contributed by atoms with E-state index in [1.54, 1.807) is 11.3 Å². The maximum absolute atomic E-state index is 4.08. The first-order valence-electron chi connectivity index (χ1n) is 5.53. The zero-order valence-electron chi connectivity index (χ0n) is 9.79. The van der Waals surface area contributed by atoms with Gasteiger partial charge in [-0.05, 0) is 25.0 Å². The highest BCUT2D eigenvalue weighted by atomic mass is 32.1. The molecule has 0 bridgehead atoms. The topological polar surface area (TPSA) is 24.9 Å². The lowest BCUT2D eigenvalue weighted by atomic mass is 10.0. The minimum absolute atomic E-state index is 0.594. The molecule has 15 heavy (non-hydrogen) atoms. The van der Waals surface area contributed by atoms with E-state index in [0.717, 1.165) is 13.1 Å². The molecule has 0 atom stereocenters. The zero-order valence-corrected chi connectivity index (χ0v) is 10.6. The van der Waals surface area contributed by atoms with Crippen LogP contribution in [0.1, 0.15) is 32.1 Å². The highest BCUT2D eigenvalue weighted by Crippen LogP contribution is 2.16. The second kappa shape index (κ2) is 6.75. The second-order valence-corrected chi connectivity index (χ2v) is 4.87. The standard InChI is InChI=1S/C12H20N2S/c1-4-5-13-7-11(10(2)3)6-12-8-14-9-15-12/h6,8-10,13H,4-5,7H2,1-3H3. The summed E-state index contributed by atoms with van der Waals surface area (Å²) in [4.78, 5) is 5.33. The molecule has 3 heteroatoms. The van der Waals surface area contributed by atoms with E-state index in [1.807, 2.05) is 11.7 Å². The third kappa shape index (κ3) is 4.58. The Labute approximate surface area is 96.4 Å². The summed E-state index contributed by atoms with van der Waals surface area (Å²) < 4.78 is 0. The summed E-state index contributed by atoms with van der Waals surface area (Å²) in [7, 11) is 0. The van der Waals surface area contributed by atoms with Gasteiger partial charge in [0.25, 0.3) is 0 Å². The van der Waals surface area contributed by atoms with Crippen LogP contribution in [0, 0.1) is 5.92 Å². The fourth-order valence-corrected chi connectivity index (χ4v) is 1.90. The van der Waals surface area contributed by atoms with Gasteiger partial charge in [-0.25, -0.2) is 0 Å². The molecule has 0 saturated carbocycles. The average Bonchev–Trinajstić information content (AvgIpc) is 2.69. The Morgan fingerprint density at radius 3 is 2.93 bits per heavy atom. The van der Waals surface area contributed by atoms with Gasteiger partial charge >= 0.3 is 0 Å². The Balaban J connectivity index is 2.57. The van der Waals surface area contributed by atoms with Crippen molar-refractivity contribution in [2.24, 2.45) is 5.92 Å². The van der Waals surface area contributed by atoms with Crippen LogP contribution < -0.4 is 5.32 Å². The van der Waals surface area contributed by atoms with Crippen molar-refractivity contribution in [2.75, 3.05) is 13.1 Å². The minimum atomic E-state index is 0.594. The monoisotopic (exact) mass is 224 g/mol. The lowest BCUT2D eigenvalue weighted by Gasteiger charge is -2.11. The van der Waals surface area contributed by atoms with Gasteiger partial charge in [0.1, 0.15) is 0 Å². The Kier molecular flexibility index (Phi) is 5.58. The lowest BCUT2D eigenvalue weighted by molar-refractivity contribution is 0.657. The predicted octanol–water partition coefficient (Wildman–Crippen LogP) is 3.18. The van der Waals surface area contributed by atoms with E-state index in [4.69, 9.17) is 0 Å². The van der Waals surface area contributed by atoms with Crippen molar-refractivity contribution >= 4 is 17.4 Å². The van der Waals surface area contributed by atoms with Gasteiger partial charge in [-0.3, -0.25) is 4.98 Å². The molecule has 0 aromatic carbocycles.